The number of nitrogens with zero attached hydrogens (tertiary/aromatic N) is 1. The zero-order chi connectivity index (χ0) is 25.9. The number of carboxylic acid groups (broad SMARTS) is 1. The van der Waals surface area contributed by atoms with Crippen molar-refractivity contribution in [2.45, 2.75) is 39.2 Å². The Morgan fingerprint density at radius 1 is 0.865 bits per heavy atom. The lowest BCUT2D eigenvalue weighted by atomic mass is 10.0. The molecule has 0 atom stereocenters. The van der Waals surface area contributed by atoms with E-state index in [-0.39, 0.29) is 0 Å². The quantitative estimate of drug-likeness (QED) is 0.223. The van der Waals surface area contributed by atoms with Crippen molar-refractivity contribution in [3.63, 3.8) is 0 Å². The number of hydrogen-bond donors (Lipinski definition) is 2. The molecule has 3 N–H and O–H groups in total. The molecule has 0 bridgehead atoms. The molecule has 0 saturated carbocycles. The third-order valence-corrected chi connectivity index (χ3v) is 6.86. The molecule has 188 valence electrons. The molecule has 1 heterocycles. The molecule has 37 heavy (non-hydrogen) atoms. The molecule has 5 aromatic rings. The molecule has 5 rings (SSSR count). The summed E-state index contributed by atoms with van der Waals surface area (Å²) < 4.78 is 8.01. The summed E-state index contributed by atoms with van der Waals surface area (Å²) in [5, 5.41) is 13.1. The first-order valence-electron chi connectivity index (χ1n) is 12.7. The first-order chi connectivity index (χ1) is 18.0. The lowest BCUT2D eigenvalue weighted by Crippen LogP contribution is -2.12. The van der Waals surface area contributed by atoms with Gasteiger partial charge in [-0.2, -0.15) is 0 Å². The summed E-state index contributed by atoms with van der Waals surface area (Å²) in [4.78, 5) is 23.9. The van der Waals surface area contributed by atoms with Crippen LogP contribution in [-0.2, 0) is 17.8 Å². The minimum Gasteiger partial charge on any atom is -0.481 e. The highest BCUT2D eigenvalue weighted by Gasteiger charge is 2.21. The summed E-state index contributed by atoms with van der Waals surface area (Å²) in [6, 6.07) is 24.2. The van der Waals surface area contributed by atoms with Crippen LogP contribution in [0.15, 0.2) is 72.8 Å². The van der Waals surface area contributed by atoms with Gasteiger partial charge in [-0.15, -0.1) is 0 Å². The van der Waals surface area contributed by atoms with Crippen LogP contribution in [0.25, 0.3) is 32.6 Å². The van der Waals surface area contributed by atoms with Crippen molar-refractivity contribution in [2.24, 2.45) is 5.73 Å². The molecule has 0 aliphatic carbocycles. The van der Waals surface area contributed by atoms with E-state index >= 15 is 0 Å². The number of fused-ring (bicyclic) bond motifs is 4. The van der Waals surface area contributed by atoms with Gasteiger partial charge in [-0.05, 0) is 65.1 Å². The van der Waals surface area contributed by atoms with Crippen LogP contribution in [-0.4, -0.2) is 28.2 Å². The van der Waals surface area contributed by atoms with Crippen molar-refractivity contribution in [3.05, 3.63) is 89.5 Å². The van der Waals surface area contributed by atoms with Crippen LogP contribution in [0.5, 0.6) is 5.75 Å². The maximum absolute atomic E-state index is 12.5. The minimum absolute atomic E-state index is 0.388. The highest BCUT2D eigenvalue weighted by molar-refractivity contribution is 6.20. The molecule has 6 heteroatoms. The average molecular weight is 495 g/mol. The molecule has 0 radical (unpaired) electrons. The van der Waals surface area contributed by atoms with Crippen molar-refractivity contribution in [1.29, 1.82) is 0 Å². The molecule has 6 nitrogen and oxygen atoms in total. The number of rotatable bonds is 10. The van der Waals surface area contributed by atoms with E-state index in [2.05, 4.69) is 47.9 Å². The third kappa shape index (κ3) is 4.87. The summed E-state index contributed by atoms with van der Waals surface area (Å²) in [6.07, 6.45) is 4.09. The van der Waals surface area contributed by atoms with Crippen LogP contribution < -0.4 is 10.5 Å². The first kappa shape index (κ1) is 24.4. The first-order valence-corrected chi connectivity index (χ1v) is 12.7. The van der Waals surface area contributed by atoms with Crippen LogP contribution in [0.3, 0.4) is 0 Å². The van der Waals surface area contributed by atoms with Gasteiger partial charge in [0, 0.05) is 17.5 Å². The molecule has 0 spiro atoms. The van der Waals surface area contributed by atoms with E-state index in [1.807, 2.05) is 30.3 Å². The normalized spacial score (nSPS) is 11.4. The van der Waals surface area contributed by atoms with Gasteiger partial charge in [0.2, 0.25) is 5.91 Å². The zero-order valence-electron chi connectivity index (χ0n) is 20.9. The number of aromatic nitrogens is 1. The van der Waals surface area contributed by atoms with Crippen LogP contribution >= 0.6 is 0 Å². The fourth-order valence-corrected chi connectivity index (χ4v) is 5.15. The number of aliphatic carboxylic acids is 1. The molecule has 1 amide bonds. The lowest BCUT2D eigenvalue weighted by Gasteiger charge is -2.12. The van der Waals surface area contributed by atoms with Gasteiger partial charge in [0.25, 0.3) is 0 Å². The smallest absolute Gasteiger partial charge is 0.341 e. The van der Waals surface area contributed by atoms with Crippen LogP contribution in [0.1, 0.15) is 47.7 Å². The van der Waals surface area contributed by atoms with E-state index in [0.29, 0.717) is 28.6 Å². The maximum Gasteiger partial charge on any atom is 0.341 e. The SMILES string of the molecule is CCCCCc1cc(OCC(=O)O)c2c3c(C(N)=O)cccc3n(Cc3ccc4ccccc4c3)c2c1. The molecule has 0 fully saturated rings. The number of carbonyl (C=O) groups excluding carboxylic acids is 1. The Bertz CT molecular complexity index is 1630. The number of aryl methyl sites for hydroxylation is 1. The Morgan fingerprint density at radius 2 is 1.68 bits per heavy atom. The zero-order valence-corrected chi connectivity index (χ0v) is 20.9. The number of carbonyl (C=O) groups is 2. The molecule has 0 aliphatic heterocycles. The second-order valence-corrected chi connectivity index (χ2v) is 9.46. The van der Waals surface area contributed by atoms with E-state index < -0.39 is 18.5 Å². The van der Waals surface area contributed by atoms with Gasteiger partial charge < -0.3 is 20.1 Å². The summed E-state index contributed by atoms with van der Waals surface area (Å²) in [7, 11) is 0. The van der Waals surface area contributed by atoms with Gasteiger partial charge >= 0.3 is 5.97 Å². The highest BCUT2D eigenvalue weighted by Crippen LogP contribution is 2.39. The topological polar surface area (TPSA) is 94.6 Å². The standard InChI is InChI=1S/C31H30N2O4/c1-2-3-4-8-20-16-26-30(27(17-20)37-19-28(34)35)29-24(31(32)36)11-7-12-25(29)33(26)18-21-13-14-22-9-5-6-10-23(22)15-21/h5-7,9-17H,2-4,8,18-19H2,1H3,(H2,32,36)(H,34,35). The van der Waals surface area contributed by atoms with Gasteiger partial charge in [0.15, 0.2) is 6.61 Å². The number of primary amides is 1. The molecular formula is C31H30N2O4. The predicted octanol–water partition coefficient (Wildman–Crippen LogP) is 6.29. The largest absolute Gasteiger partial charge is 0.481 e. The second-order valence-electron chi connectivity index (χ2n) is 9.46. The van der Waals surface area contributed by atoms with Crippen molar-refractivity contribution in [2.75, 3.05) is 6.61 Å². The molecule has 0 unspecified atom stereocenters. The Balaban J connectivity index is 1.76. The molecule has 0 saturated heterocycles. The monoisotopic (exact) mass is 494 g/mol. The van der Waals surface area contributed by atoms with Gasteiger partial charge in [0.1, 0.15) is 5.75 Å². The van der Waals surface area contributed by atoms with E-state index in [1.165, 1.54) is 5.39 Å². The molecular weight excluding hydrogens is 464 g/mol. The number of carboxylic acids is 1. The van der Waals surface area contributed by atoms with Gasteiger partial charge in [-0.25, -0.2) is 4.79 Å². The van der Waals surface area contributed by atoms with E-state index in [0.717, 1.165) is 53.2 Å². The number of nitrogens with two attached hydrogens (primary N) is 1. The predicted molar refractivity (Wildman–Crippen MR) is 147 cm³/mol. The van der Waals surface area contributed by atoms with E-state index in [4.69, 9.17) is 10.5 Å². The van der Waals surface area contributed by atoms with Crippen LogP contribution in [0.2, 0.25) is 0 Å². The second kappa shape index (κ2) is 10.3. The van der Waals surface area contributed by atoms with Crippen LogP contribution in [0.4, 0.5) is 0 Å². The Morgan fingerprint density at radius 3 is 2.43 bits per heavy atom. The number of hydrogen-bond acceptors (Lipinski definition) is 3. The molecule has 1 aromatic heterocycles. The Kier molecular flexibility index (Phi) is 6.82. The fourth-order valence-electron chi connectivity index (χ4n) is 5.15. The summed E-state index contributed by atoms with van der Waals surface area (Å²) in [5.74, 6) is -1.13. The average Bonchev–Trinajstić information content (AvgIpc) is 3.20. The van der Waals surface area contributed by atoms with Crippen molar-refractivity contribution < 1.29 is 19.4 Å². The summed E-state index contributed by atoms with van der Waals surface area (Å²) in [6.45, 7) is 2.27. The minimum atomic E-state index is -1.06. The fraction of sp³-hybridized carbons (Fsp3) is 0.226. The molecule has 4 aromatic carbocycles. The van der Waals surface area contributed by atoms with Crippen molar-refractivity contribution >= 4 is 44.5 Å². The lowest BCUT2D eigenvalue weighted by molar-refractivity contribution is -0.139. The maximum atomic E-state index is 12.5. The van der Waals surface area contributed by atoms with Crippen molar-refractivity contribution in [1.82, 2.24) is 4.57 Å². The van der Waals surface area contributed by atoms with Crippen molar-refractivity contribution in [3.8, 4) is 5.75 Å². The summed E-state index contributed by atoms with van der Waals surface area (Å²) >= 11 is 0. The highest BCUT2D eigenvalue weighted by atomic mass is 16.5. The molecule has 0 aliphatic rings. The van der Waals surface area contributed by atoms with E-state index in [1.54, 1.807) is 6.07 Å². The van der Waals surface area contributed by atoms with Gasteiger partial charge in [-0.1, -0.05) is 62.2 Å². The third-order valence-electron chi connectivity index (χ3n) is 6.86. The van der Waals surface area contributed by atoms with Crippen LogP contribution in [0, 0.1) is 0 Å². The Hall–Kier alpha value is -4.32. The van der Waals surface area contributed by atoms with Gasteiger partial charge in [0.05, 0.1) is 16.4 Å². The summed E-state index contributed by atoms with van der Waals surface area (Å²) in [5.41, 5.74) is 10.1. The number of unbranched alkanes of at least 4 members (excludes halogenated alkanes) is 2. The Labute approximate surface area is 215 Å². The number of amides is 1. The number of benzene rings is 4. The van der Waals surface area contributed by atoms with Gasteiger partial charge in [-0.3, -0.25) is 4.79 Å². The van der Waals surface area contributed by atoms with E-state index in [9.17, 15) is 14.7 Å². The number of ether oxygens (including phenoxy) is 1.